The second-order valence-corrected chi connectivity index (χ2v) is 5.99. The third-order valence-corrected chi connectivity index (χ3v) is 3.62. The summed E-state index contributed by atoms with van der Waals surface area (Å²) < 4.78 is 0. The number of carbonyl (C=O) groups excluding carboxylic acids is 2. The third kappa shape index (κ3) is 4.39. The molecule has 2 aromatic rings. The lowest BCUT2D eigenvalue weighted by Crippen LogP contribution is -2.44. The van der Waals surface area contributed by atoms with Crippen molar-refractivity contribution in [1.82, 2.24) is 10.3 Å². The van der Waals surface area contributed by atoms with Gasteiger partial charge in [-0.3, -0.25) is 14.6 Å². The van der Waals surface area contributed by atoms with Crippen LogP contribution in [0, 0.1) is 12.3 Å². The van der Waals surface area contributed by atoms with Gasteiger partial charge in [-0.05, 0) is 44.5 Å². The van der Waals surface area contributed by atoms with E-state index >= 15 is 0 Å². The normalized spacial score (nSPS) is 10.9. The monoisotopic (exact) mass is 311 g/mol. The Bertz CT molecular complexity index is 679. The molecular weight excluding hydrogens is 290 g/mol. The predicted octanol–water partition coefficient (Wildman–Crippen LogP) is 2.67. The molecule has 5 nitrogen and oxygen atoms in total. The number of carbonyl (C=O) groups is 2. The van der Waals surface area contributed by atoms with Crippen LogP contribution >= 0.6 is 0 Å². The van der Waals surface area contributed by atoms with Crippen molar-refractivity contribution in [3.63, 3.8) is 0 Å². The smallest absolute Gasteiger partial charge is 0.239 e. The van der Waals surface area contributed by atoms with Crippen LogP contribution in [0.4, 0.5) is 5.69 Å². The number of aromatic nitrogens is 1. The molecule has 0 spiro atoms. The van der Waals surface area contributed by atoms with Crippen molar-refractivity contribution in [1.29, 1.82) is 0 Å². The molecule has 0 fully saturated rings. The van der Waals surface area contributed by atoms with Crippen LogP contribution < -0.4 is 10.6 Å². The standard InChI is InChI=1S/C18H21N3O2/c1-13-6-8-15(9-7-13)21-17(23)18(2,3)16(22)20-12-14-5-4-10-19-11-14/h4-11H,12H2,1-3H3,(H,20,22)(H,21,23). The molecule has 1 heterocycles. The molecule has 120 valence electrons. The summed E-state index contributed by atoms with van der Waals surface area (Å²) in [4.78, 5) is 28.7. The fourth-order valence-electron chi connectivity index (χ4n) is 1.93. The van der Waals surface area contributed by atoms with E-state index in [2.05, 4.69) is 15.6 Å². The summed E-state index contributed by atoms with van der Waals surface area (Å²) in [5, 5.41) is 5.55. The molecule has 0 bridgehead atoms. The maximum Gasteiger partial charge on any atom is 0.239 e. The first-order valence-electron chi connectivity index (χ1n) is 7.45. The number of benzene rings is 1. The van der Waals surface area contributed by atoms with Gasteiger partial charge in [0.05, 0.1) is 0 Å². The van der Waals surface area contributed by atoms with Gasteiger partial charge < -0.3 is 10.6 Å². The largest absolute Gasteiger partial charge is 0.351 e. The summed E-state index contributed by atoms with van der Waals surface area (Å²) in [7, 11) is 0. The fourth-order valence-corrected chi connectivity index (χ4v) is 1.93. The molecule has 0 saturated carbocycles. The second-order valence-electron chi connectivity index (χ2n) is 5.99. The van der Waals surface area contributed by atoms with E-state index in [4.69, 9.17) is 0 Å². The highest BCUT2D eigenvalue weighted by Crippen LogP contribution is 2.19. The third-order valence-electron chi connectivity index (χ3n) is 3.62. The van der Waals surface area contributed by atoms with Crippen LogP contribution in [0.3, 0.4) is 0 Å². The van der Waals surface area contributed by atoms with Crippen molar-refractivity contribution in [3.05, 3.63) is 59.9 Å². The zero-order valence-corrected chi connectivity index (χ0v) is 13.6. The summed E-state index contributed by atoms with van der Waals surface area (Å²) in [5.74, 6) is -0.670. The fraction of sp³-hybridized carbons (Fsp3) is 0.278. The van der Waals surface area contributed by atoms with Crippen LogP contribution in [-0.2, 0) is 16.1 Å². The molecule has 0 aliphatic carbocycles. The SMILES string of the molecule is Cc1ccc(NC(=O)C(C)(C)C(=O)NCc2cccnc2)cc1. The van der Waals surface area contributed by atoms with Crippen molar-refractivity contribution in [3.8, 4) is 0 Å². The number of aryl methyl sites for hydroxylation is 1. The molecule has 1 aromatic carbocycles. The lowest BCUT2D eigenvalue weighted by molar-refractivity contribution is -0.138. The van der Waals surface area contributed by atoms with E-state index in [-0.39, 0.29) is 11.8 Å². The van der Waals surface area contributed by atoms with E-state index in [1.165, 1.54) is 0 Å². The molecule has 0 aliphatic heterocycles. The summed E-state index contributed by atoms with van der Waals surface area (Å²) in [6.07, 6.45) is 3.35. The molecule has 23 heavy (non-hydrogen) atoms. The predicted molar refractivity (Wildman–Crippen MR) is 89.7 cm³/mol. The minimum absolute atomic E-state index is 0.328. The molecular formula is C18H21N3O2. The molecule has 5 heteroatoms. The van der Waals surface area contributed by atoms with Crippen LogP contribution in [0.25, 0.3) is 0 Å². The maximum absolute atomic E-state index is 12.4. The number of anilines is 1. The molecule has 0 unspecified atom stereocenters. The van der Waals surface area contributed by atoms with Gasteiger partial charge in [-0.15, -0.1) is 0 Å². The topological polar surface area (TPSA) is 71.1 Å². The van der Waals surface area contributed by atoms with Crippen LogP contribution in [0.5, 0.6) is 0 Å². The maximum atomic E-state index is 12.4. The van der Waals surface area contributed by atoms with Crippen LogP contribution in [-0.4, -0.2) is 16.8 Å². The molecule has 0 aliphatic rings. The van der Waals surface area contributed by atoms with E-state index < -0.39 is 5.41 Å². The average Bonchev–Trinajstić information content (AvgIpc) is 2.55. The van der Waals surface area contributed by atoms with E-state index in [0.717, 1.165) is 11.1 Å². The van der Waals surface area contributed by atoms with Gasteiger partial charge in [0.2, 0.25) is 11.8 Å². The van der Waals surface area contributed by atoms with Crippen LogP contribution in [0.15, 0.2) is 48.8 Å². The zero-order valence-electron chi connectivity index (χ0n) is 13.6. The first kappa shape index (κ1) is 16.7. The number of nitrogens with one attached hydrogen (secondary N) is 2. The Balaban J connectivity index is 1.97. The highest BCUT2D eigenvalue weighted by molar-refractivity contribution is 6.09. The molecule has 2 rings (SSSR count). The Kier molecular flexibility index (Phi) is 5.11. The Morgan fingerprint density at radius 3 is 2.39 bits per heavy atom. The minimum atomic E-state index is -1.17. The van der Waals surface area contributed by atoms with Crippen molar-refractivity contribution < 1.29 is 9.59 Å². The number of hydrogen-bond donors (Lipinski definition) is 2. The van der Waals surface area contributed by atoms with E-state index in [1.54, 1.807) is 32.3 Å². The molecule has 2 amide bonds. The van der Waals surface area contributed by atoms with Crippen molar-refractivity contribution >= 4 is 17.5 Å². The lowest BCUT2D eigenvalue weighted by atomic mass is 9.91. The van der Waals surface area contributed by atoms with Gasteiger partial charge in [-0.1, -0.05) is 23.8 Å². The number of nitrogens with zero attached hydrogens (tertiary/aromatic N) is 1. The Hall–Kier alpha value is -2.69. The van der Waals surface area contributed by atoms with E-state index in [0.29, 0.717) is 12.2 Å². The number of amides is 2. The van der Waals surface area contributed by atoms with Gasteiger partial charge in [0.15, 0.2) is 0 Å². The Labute approximate surface area is 136 Å². The first-order chi connectivity index (χ1) is 10.9. The highest BCUT2D eigenvalue weighted by atomic mass is 16.2. The number of rotatable bonds is 5. The Morgan fingerprint density at radius 1 is 1.09 bits per heavy atom. The van der Waals surface area contributed by atoms with Gasteiger partial charge >= 0.3 is 0 Å². The van der Waals surface area contributed by atoms with Crippen molar-refractivity contribution in [2.45, 2.75) is 27.3 Å². The van der Waals surface area contributed by atoms with Crippen LogP contribution in [0.1, 0.15) is 25.0 Å². The molecule has 0 atom stereocenters. The molecule has 0 saturated heterocycles. The summed E-state index contributed by atoms with van der Waals surface area (Å²) in [6, 6.07) is 11.1. The van der Waals surface area contributed by atoms with Crippen molar-refractivity contribution in [2.24, 2.45) is 5.41 Å². The van der Waals surface area contributed by atoms with Crippen LogP contribution in [0.2, 0.25) is 0 Å². The number of hydrogen-bond acceptors (Lipinski definition) is 3. The molecule has 1 aromatic heterocycles. The molecule has 2 N–H and O–H groups in total. The minimum Gasteiger partial charge on any atom is -0.351 e. The average molecular weight is 311 g/mol. The molecule has 0 radical (unpaired) electrons. The summed E-state index contributed by atoms with van der Waals surface area (Å²) in [6.45, 7) is 5.53. The summed E-state index contributed by atoms with van der Waals surface area (Å²) >= 11 is 0. The van der Waals surface area contributed by atoms with Gasteiger partial charge in [-0.2, -0.15) is 0 Å². The van der Waals surface area contributed by atoms with Gasteiger partial charge in [-0.25, -0.2) is 0 Å². The van der Waals surface area contributed by atoms with Gasteiger partial charge in [0.25, 0.3) is 0 Å². The Morgan fingerprint density at radius 2 is 1.78 bits per heavy atom. The van der Waals surface area contributed by atoms with E-state index in [9.17, 15) is 9.59 Å². The zero-order chi connectivity index (χ0) is 16.9. The highest BCUT2D eigenvalue weighted by Gasteiger charge is 2.35. The van der Waals surface area contributed by atoms with Crippen molar-refractivity contribution in [2.75, 3.05) is 5.32 Å². The van der Waals surface area contributed by atoms with Gasteiger partial charge in [0, 0.05) is 24.6 Å². The van der Waals surface area contributed by atoms with Gasteiger partial charge in [0.1, 0.15) is 5.41 Å². The lowest BCUT2D eigenvalue weighted by Gasteiger charge is -2.22. The van der Waals surface area contributed by atoms with E-state index in [1.807, 2.05) is 37.3 Å². The second kappa shape index (κ2) is 7.05. The number of pyridine rings is 1. The quantitative estimate of drug-likeness (QED) is 0.834. The summed E-state index contributed by atoms with van der Waals surface area (Å²) in [5.41, 5.74) is 1.49. The first-order valence-corrected chi connectivity index (χ1v) is 7.45.